The van der Waals surface area contributed by atoms with E-state index in [1.54, 1.807) is 0 Å². The molecule has 0 aliphatic carbocycles. The molecule has 1 atom stereocenters. The second-order valence-electron chi connectivity index (χ2n) is 5.54. The molecule has 0 rings (SSSR count). The molecule has 0 aromatic rings. The summed E-state index contributed by atoms with van der Waals surface area (Å²) in [4.78, 5) is 36.6. The average molecular weight is 344 g/mol. The third-order valence-electron chi connectivity index (χ3n) is 3.12. The first-order valence-corrected chi connectivity index (χ1v) is 7.79. The van der Waals surface area contributed by atoms with Gasteiger partial charge in [-0.15, -0.1) is 0 Å². The Morgan fingerprint density at radius 2 is 1.96 bits per heavy atom. The van der Waals surface area contributed by atoms with Gasteiger partial charge in [-0.1, -0.05) is 19.8 Å². The van der Waals surface area contributed by atoms with Gasteiger partial charge in [0.1, 0.15) is 6.10 Å². The second kappa shape index (κ2) is 10.3. The van der Waals surface area contributed by atoms with E-state index < -0.39 is 29.9 Å². The Labute approximate surface area is 141 Å². The van der Waals surface area contributed by atoms with Crippen molar-refractivity contribution in [2.45, 2.75) is 33.3 Å². The zero-order valence-electron chi connectivity index (χ0n) is 13.6. The van der Waals surface area contributed by atoms with Crippen LogP contribution < -0.4 is 5.32 Å². The monoisotopic (exact) mass is 344 g/mol. The number of carbonyl (C=O) groups is 3. The lowest BCUT2D eigenvalue weighted by molar-refractivity contribution is -0.154. The molecule has 0 aromatic carbocycles. The summed E-state index contributed by atoms with van der Waals surface area (Å²) in [5.74, 6) is 3.04. The molecule has 130 valence electrons. The summed E-state index contributed by atoms with van der Waals surface area (Å²) in [7, 11) is 0. The van der Waals surface area contributed by atoms with E-state index in [-0.39, 0.29) is 18.9 Å². The highest BCUT2D eigenvalue weighted by molar-refractivity contribution is 7.80. The van der Waals surface area contributed by atoms with Crippen molar-refractivity contribution >= 4 is 30.4 Å². The minimum Gasteiger partial charge on any atom is -0.396 e. The highest BCUT2D eigenvalue weighted by atomic mass is 32.1. The van der Waals surface area contributed by atoms with Crippen molar-refractivity contribution in [2.24, 2.45) is 5.41 Å². The van der Waals surface area contributed by atoms with Gasteiger partial charge in [-0.2, -0.15) is 12.6 Å². The van der Waals surface area contributed by atoms with Crippen molar-refractivity contribution in [3.63, 3.8) is 0 Å². The van der Waals surface area contributed by atoms with E-state index >= 15 is 0 Å². The zero-order chi connectivity index (χ0) is 18.0. The van der Waals surface area contributed by atoms with Gasteiger partial charge >= 0.3 is 5.91 Å². The molecular formula is C15H24N2O5S. The van der Waals surface area contributed by atoms with E-state index in [9.17, 15) is 24.6 Å². The third-order valence-corrected chi connectivity index (χ3v) is 3.34. The van der Waals surface area contributed by atoms with E-state index in [1.165, 1.54) is 20.8 Å². The molecule has 0 bridgehead atoms. The van der Waals surface area contributed by atoms with Gasteiger partial charge in [-0.3, -0.25) is 19.3 Å². The van der Waals surface area contributed by atoms with Crippen LogP contribution in [0.2, 0.25) is 0 Å². The highest BCUT2D eigenvalue weighted by Gasteiger charge is 2.37. The maximum absolute atomic E-state index is 12.3. The van der Waals surface area contributed by atoms with Crippen LogP contribution in [-0.2, 0) is 14.4 Å². The summed E-state index contributed by atoms with van der Waals surface area (Å²) in [5, 5.41) is 21.9. The van der Waals surface area contributed by atoms with E-state index in [4.69, 9.17) is 0 Å². The first kappa shape index (κ1) is 21.4. The molecule has 0 heterocycles. The molecule has 0 fully saturated rings. The zero-order valence-corrected chi connectivity index (χ0v) is 14.5. The Morgan fingerprint density at radius 3 is 2.43 bits per heavy atom. The summed E-state index contributed by atoms with van der Waals surface area (Å²) in [5.41, 5.74) is -1.12. The molecule has 0 aromatic heterocycles. The van der Waals surface area contributed by atoms with Gasteiger partial charge in [0.2, 0.25) is 5.91 Å². The molecule has 23 heavy (non-hydrogen) atoms. The molecule has 7 nitrogen and oxygen atoms in total. The average Bonchev–Trinajstić information content (AvgIpc) is 2.52. The maximum atomic E-state index is 12.3. The van der Waals surface area contributed by atoms with Crippen LogP contribution >= 0.6 is 12.6 Å². The Morgan fingerprint density at radius 1 is 1.35 bits per heavy atom. The lowest BCUT2D eigenvalue weighted by Gasteiger charge is -2.30. The van der Waals surface area contributed by atoms with Gasteiger partial charge in [0.05, 0.1) is 6.61 Å². The van der Waals surface area contributed by atoms with Crippen molar-refractivity contribution < 1.29 is 24.6 Å². The fraction of sp³-hybridized carbons (Fsp3) is 0.667. The largest absolute Gasteiger partial charge is 0.396 e. The molecule has 0 aliphatic heterocycles. The highest BCUT2D eigenvalue weighted by Crippen LogP contribution is 2.21. The van der Waals surface area contributed by atoms with Crippen LogP contribution in [-0.4, -0.2) is 64.4 Å². The molecule has 0 unspecified atom stereocenters. The number of nitrogens with zero attached hydrogens (tertiary/aromatic N) is 1. The van der Waals surface area contributed by atoms with Crippen LogP contribution in [0.5, 0.6) is 0 Å². The van der Waals surface area contributed by atoms with Crippen LogP contribution in [0.1, 0.15) is 27.2 Å². The van der Waals surface area contributed by atoms with E-state index in [0.29, 0.717) is 12.3 Å². The number of rotatable bonds is 8. The Kier molecular flexibility index (Phi) is 9.56. The quantitative estimate of drug-likeness (QED) is 0.340. The number of hydrogen-bond donors (Lipinski definition) is 4. The number of nitrogens with one attached hydrogen (secondary N) is 1. The smallest absolute Gasteiger partial charge is 0.305 e. The standard InChI is InChI=1S/C15H24N2O5S/c1-4-5-12(20)17(8-6-11(19)16-7-9-23)14(22)13(21)15(2,3)10-18/h13,18,21,23H,6-10H2,1-3H3,(H,16,19)/t13-/m0/s1. The maximum Gasteiger partial charge on any atom is 0.305 e. The molecule has 3 amide bonds. The number of carbonyl (C=O) groups excluding carboxylic acids is 3. The normalized spacial score (nSPS) is 11.9. The van der Waals surface area contributed by atoms with Crippen LogP contribution in [0.15, 0.2) is 0 Å². The molecule has 0 spiro atoms. The summed E-state index contributed by atoms with van der Waals surface area (Å²) in [6.45, 7) is 4.15. The molecule has 8 heteroatoms. The summed E-state index contributed by atoms with van der Waals surface area (Å²) >= 11 is 3.96. The number of thiol groups is 1. The minimum atomic E-state index is -1.59. The van der Waals surface area contributed by atoms with Gasteiger partial charge < -0.3 is 15.5 Å². The first-order chi connectivity index (χ1) is 10.7. The molecule has 3 N–H and O–H groups in total. The van der Waals surface area contributed by atoms with Crippen LogP contribution in [0.4, 0.5) is 0 Å². The van der Waals surface area contributed by atoms with Gasteiger partial charge in [-0.05, 0) is 12.8 Å². The van der Waals surface area contributed by atoms with Crippen LogP contribution in [0, 0.1) is 17.3 Å². The molecule has 0 saturated heterocycles. The Balaban J connectivity index is 5.07. The van der Waals surface area contributed by atoms with Crippen LogP contribution in [0.25, 0.3) is 0 Å². The van der Waals surface area contributed by atoms with Crippen LogP contribution in [0.3, 0.4) is 0 Å². The van der Waals surface area contributed by atoms with Gasteiger partial charge in [0.15, 0.2) is 0 Å². The number of amides is 3. The van der Waals surface area contributed by atoms with Crippen molar-refractivity contribution in [1.29, 1.82) is 0 Å². The van der Waals surface area contributed by atoms with Crippen molar-refractivity contribution in [2.75, 3.05) is 25.4 Å². The topological polar surface area (TPSA) is 107 Å². The number of hydrogen-bond acceptors (Lipinski definition) is 6. The van der Waals surface area contributed by atoms with Crippen molar-refractivity contribution in [3.05, 3.63) is 0 Å². The van der Waals surface area contributed by atoms with Gasteiger partial charge in [-0.25, -0.2) is 0 Å². The second-order valence-corrected chi connectivity index (χ2v) is 5.99. The first-order valence-electron chi connectivity index (χ1n) is 7.15. The molecule has 0 saturated carbocycles. The fourth-order valence-electron chi connectivity index (χ4n) is 1.55. The fourth-order valence-corrected chi connectivity index (χ4v) is 1.66. The summed E-state index contributed by atoms with van der Waals surface area (Å²) < 4.78 is 0. The number of aliphatic hydroxyl groups is 2. The van der Waals surface area contributed by atoms with Gasteiger partial charge in [0, 0.05) is 30.7 Å². The molecule has 0 radical (unpaired) electrons. The minimum absolute atomic E-state index is 0.108. The summed E-state index contributed by atoms with van der Waals surface area (Å²) in [6, 6.07) is 0. The number of imide groups is 1. The Bertz CT molecular complexity index is 496. The third kappa shape index (κ3) is 7.03. The van der Waals surface area contributed by atoms with E-state index in [0.717, 1.165) is 4.90 Å². The molecule has 0 aliphatic rings. The summed E-state index contributed by atoms with van der Waals surface area (Å²) in [6.07, 6.45) is -1.70. The predicted octanol–water partition coefficient (Wildman–Crippen LogP) is -0.820. The van der Waals surface area contributed by atoms with E-state index in [1.807, 2.05) is 0 Å². The van der Waals surface area contributed by atoms with Crippen molar-refractivity contribution in [3.8, 4) is 11.8 Å². The lowest BCUT2D eigenvalue weighted by Crippen LogP contribution is -2.50. The SMILES string of the molecule is CC#CC(=O)N(CCC(=O)NCCS)C(=O)[C@H](O)C(C)(C)CO. The molecular weight excluding hydrogens is 320 g/mol. The Hall–Kier alpha value is -1.56. The van der Waals surface area contributed by atoms with Crippen molar-refractivity contribution in [1.82, 2.24) is 10.2 Å². The van der Waals surface area contributed by atoms with E-state index in [2.05, 4.69) is 29.8 Å². The number of aliphatic hydroxyl groups excluding tert-OH is 2. The lowest BCUT2D eigenvalue weighted by atomic mass is 9.86. The van der Waals surface area contributed by atoms with Gasteiger partial charge in [0.25, 0.3) is 5.91 Å². The predicted molar refractivity (Wildman–Crippen MR) is 88.5 cm³/mol.